The number of nitrogens with zero attached hydrogens (tertiary/aromatic N) is 1. The molecule has 0 bridgehead atoms. The van der Waals surface area contributed by atoms with Gasteiger partial charge in [0.05, 0.1) is 13.3 Å². The normalized spacial score (nSPS) is 10.5. The van der Waals surface area contributed by atoms with Crippen molar-refractivity contribution in [2.24, 2.45) is 5.10 Å². The SMILES string of the molecule is CNC(=S)NN=Cc1ccc(OCc2cccc(Cl)c2)c(OC)c1. The number of rotatable bonds is 6. The second kappa shape index (κ2) is 9.10. The van der Waals surface area contributed by atoms with E-state index in [0.29, 0.717) is 28.2 Å². The molecule has 0 atom stereocenters. The number of hydrazone groups is 1. The Morgan fingerprint density at radius 2 is 2.08 bits per heavy atom. The molecule has 0 fully saturated rings. The number of hydrogen-bond acceptors (Lipinski definition) is 4. The minimum atomic E-state index is 0.405. The highest BCUT2D eigenvalue weighted by Gasteiger charge is 2.06. The van der Waals surface area contributed by atoms with Gasteiger partial charge >= 0.3 is 0 Å². The monoisotopic (exact) mass is 363 g/mol. The van der Waals surface area contributed by atoms with Crippen LogP contribution in [0.25, 0.3) is 0 Å². The molecule has 24 heavy (non-hydrogen) atoms. The van der Waals surface area contributed by atoms with E-state index < -0.39 is 0 Å². The van der Waals surface area contributed by atoms with Gasteiger partial charge in [-0.25, -0.2) is 0 Å². The molecule has 2 rings (SSSR count). The summed E-state index contributed by atoms with van der Waals surface area (Å²) < 4.78 is 11.2. The Bertz CT molecular complexity index is 738. The van der Waals surface area contributed by atoms with Gasteiger partial charge < -0.3 is 14.8 Å². The first kappa shape index (κ1) is 18.0. The average molecular weight is 364 g/mol. The standard InChI is InChI=1S/C17H18ClN3O2S/c1-19-17(24)21-20-10-12-6-7-15(16(9-12)22-2)23-11-13-4-3-5-14(18)8-13/h3-10H,11H2,1-2H3,(H2,19,21,24). The Kier molecular flexibility index (Phi) is 6.84. The fraction of sp³-hybridized carbons (Fsp3) is 0.176. The van der Waals surface area contributed by atoms with Gasteiger partial charge in [0.2, 0.25) is 0 Å². The molecule has 0 unspecified atom stereocenters. The summed E-state index contributed by atoms with van der Waals surface area (Å²) in [6.45, 7) is 0.405. The average Bonchev–Trinajstić information content (AvgIpc) is 2.60. The number of halogens is 1. The van der Waals surface area contributed by atoms with Crippen LogP contribution in [-0.4, -0.2) is 25.5 Å². The molecule has 2 aromatic rings. The summed E-state index contributed by atoms with van der Waals surface area (Å²) >= 11 is 10.9. The predicted octanol–water partition coefficient (Wildman–Crippen LogP) is 3.36. The molecule has 0 saturated heterocycles. The van der Waals surface area contributed by atoms with Gasteiger partial charge in [0, 0.05) is 12.1 Å². The van der Waals surface area contributed by atoms with Crippen molar-refractivity contribution < 1.29 is 9.47 Å². The smallest absolute Gasteiger partial charge is 0.186 e. The molecule has 0 radical (unpaired) electrons. The lowest BCUT2D eigenvalue weighted by atomic mass is 10.2. The zero-order valence-corrected chi connectivity index (χ0v) is 14.9. The van der Waals surface area contributed by atoms with Crippen LogP contribution in [0.3, 0.4) is 0 Å². The maximum atomic E-state index is 5.97. The van der Waals surface area contributed by atoms with Gasteiger partial charge in [-0.2, -0.15) is 5.10 Å². The van der Waals surface area contributed by atoms with E-state index in [1.165, 1.54) is 0 Å². The van der Waals surface area contributed by atoms with Crippen LogP contribution in [0, 0.1) is 0 Å². The summed E-state index contributed by atoms with van der Waals surface area (Å²) in [6, 6.07) is 13.1. The van der Waals surface area contributed by atoms with E-state index in [0.717, 1.165) is 11.1 Å². The Morgan fingerprint density at radius 1 is 1.25 bits per heavy atom. The summed E-state index contributed by atoms with van der Waals surface area (Å²) in [7, 11) is 3.32. The van der Waals surface area contributed by atoms with Crippen LogP contribution in [0.4, 0.5) is 0 Å². The van der Waals surface area contributed by atoms with Crippen LogP contribution in [0.1, 0.15) is 11.1 Å². The van der Waals surface area contributed by atoms with Crippen LogP contribution in [0.5, 0.6) is 11.5 Å². The van der Waals surface area contributed by atoms with Crippen LogP contribution in [0.15, 0.2) is 47.6 Å². The first-order chi connectivity index (χ1) is 11.6. The van der Waals surface area contributed by atoms with E-state index in [2.05, 4.69) is 15.8 Å². The van der Waals surface area contributed by atoms with E-state index in [4.69, 9.17) is 33.3 Å². The van der Waals surface area contributed by atoms with Crippen molar-refractivity contribution >= 4 is 35.1 Å². The van der Waals surface area contributed by atoms with Gasteiger partial charge in [0.25, 0.3) is 0 Å². The first-order valence-corrected chi connectivity index (χ1v) is 7.97. The summed E-state index contributed by atoms with van der Waals surface area (Å²) in [6.07, 6.45) is 1.65. The fourth-order valence-corrected chi connectivity index (χ4v) is 2.16. The molecule has 2 N–H and O–H groups in total. The van der Waals surface area contributed by atoms with Crippen molar-refractivity contribution in [3.8, 4) is 11.5 Å². The molecular weight excluding hydrogens is 346 g/mol. The maximum absolute atomic E-state index is 5.97. The molecule has 0 amide bonds. The van der Waals surface area contributed by atoms with Gasteiger partial charge in [-0.3, -0.25) is 5.43 Å². The second-order valence-electron chi connectivity index (χ2n) is 4.78. The number of ether oxygens (including phenoxy) is 2. The van der Waals surface area contributed by atoms with Crippen molar-refractivity contribution in [1.29, 1.82) is 0 Å². The largest absolute Gasteiger partial charge is 0.493 e. The number of hydrogen-bond donors (Lipinski definition) is 2. The molecule has 7 heteroatoms. The molecule has 2 aromatic carbocycles. The first-order valence-electron chi connectivity index (χ1n) is 7.18. The molecule has 0 aromatic heterocycles. The Hall–Kier alpha value is -2.31. The Morgan fingerprint density at radius 3 is 2.79 bits per heavy atom. The van der Waals surface area contributed by atoms with E-state index in [9.17, 15) is 0 Å². The predicted molar refractivity (Wildman–Crippen MR) is 101 cm³/mol. The second-order valence-corrected chi connectivity index (χ2v) is 5.62. The maximum Gasteiger partial charge on any atom is 0.186 e. The topological polar surface area (TPSA) is 54.9 Å². The molecular formula is C17H18ClN3O2S. The van der Waals surface area contributed by atoms with Crippen LogP contribution < -0.4 is 20.2 Å². The third-order valence-electron chi connectivity index (χ3n) is 3.08. The summed E-state index contributed by atoms with van der Waals surface area (Å²) in [5.41, 5.74) is 4.53. The summed E-state index contributed by atoms with van der Waals surface area (Å²) in [5.74, 6) is 1.27. The minimum absolute atomic E-state index is 0.405. The van der Waals surface area contributed by atoms with Gasteiger partial charge in [-0.1, -0.05) is 23.7 Å². The highest BCUT2D eigenvalue weighted by Crippen LogP contribution is 2.28. The minimum Gasteiger partial charge on any atom is -0.493 e. The molecule has 0 aliphatic heterocycles. The number of thiocarbonyl (C=S) groups is 1. The lowest BCUT2D eigenvalue weighted by Gasteiger charge is -2.11. The van der Waals surface area contributed by atoms with E-state index in [-0.39, 0.29) is 0 Å². The molecule has 5 nitrogen and oxygen atoms in total. The molecule has 0 spiro atoms. The zero-order valence-electron chi connectivity index (χ0n) is 13.4. The van der Waals surface area contributed by atoms with Crippen molar-refractivity contribution in [2.75, 3.05) is 14.2 Å². The number of benzene rings is 2. The summed E-state index contributed by atoms with van der Waals surface area (Å²) in [4.78, 5) is 0. The van der Waals surface area contributed by atoms with Crippen molar-refractivity contribution in [3.63, 3.8) is 0 Å². The highest BCUT2D eigenvalue weighted by molar-refractivity contribution is 7.80. The van der Waals surface area contributed by atoms with E-state index >= 15 is 0 Å². The lowest BCUT2D eigenvalue weighted by Crippen LogP contribution is -2.28. The number of methoxy groups -OCH3 is 1. The van der Waals surface area contributed by atoms with Gasteiger partial charge in [-0.15, -0.1) is 0 Å². The number of nitrogens with one attached hydrogen (secondary N) is 2. The molecule has 0 heterocycles. The van der Waals surface area contributed by atoms with Crippen LogP contribution in [-0.2, 0) is 6.61 Å². The fourth-order valence-electron chi connectivity index (χ4n) is 1.89. The van der Waals surface area contributed by atoms with Crippen molar-refractivity contribution in [1.82, 2.24) is 10.7 Å². The van der Waals surface area contributed by atoms with E-state index in [1.54, 1.807) is 20.4 Å². The third kappa shape index (κ3) is 5.40. The van der Waals surface area contributed by atoms with Gasteiger partial charge in [-0.05, 0) is 53.7 Å². The Balaban J connectivity index is 2.04. The summed E-state index contributed by atoms with van der Waals surface area (Å²) in [5, 5.41) is 7.93. The quantitative estimate of drug-likeness (QED) is 0.468. The zero-order chi connectivity index (χ0) is 17.4. The molecule has 0 aliphatic carbocycles. The van der Waals surface area contributed by atoms with Gasteiger partial charge in [0.1, 0.15) is 6.61 Å². The molecule has 126 valence electrons. The Labute approximate surface area is 151 Å². The van der Waals surface area contributed by atoms with Crippen LogP contribution in [0.2, 0.25) is 5.02 Å². The highest BCUT2D eigenvalue weighted by atomic mass is 35.5. The third-order valence-corrected chi connectivity index (χ3v) is 3.61. The molecule has 0 saturated carbocycles. The van der Waals surface area contributed by atoms with Crippen LogP contribution >= 0.6 is 23.8 Å². The van der Waals surface area contributed by atoms with Crippen molar-refractivity contribution in [3.05, 3.63) is 58.6 Å². The molecule has 0 aliphatic rings. The van der Waals surface area contributed by atoms with Gasteiger partial charge in [0.15, 0.2) is 16.6 Å². The lowest BCUT2D eigenvalue weighted by molar-refractivity contribution is 0.284. The van der Waals surface area contributed by atoms with E-state index in [1.807, 2.05) is 42.5 Å². The van der Waals surface area contributed by atoms with Crippen molar-refractivity contribution in [2.45, 2.75) is 6.61 Å².